The van der Waals surface area contributed by atoms with E-state index in [4.69, 9.17) is 12.2 Å². The summed E-state index contributed by atoms with van der Waals surface area (Å²) >= 11 is 5.89. The number of pyridine rings is 2. The van der Waals surface area contributed by atoms with E-state index in [9.17, 15) is 8.42 Å². The predicted octanol–water partition coefficient (Wildman–Crippen LogP) is 5.05. The van der Waals surface area contributed by atoms with Gasteiger partial charge in [-0.15, -0.1) is 0 Å². The van der Waals surface area contributed by atoms with Crippen molar-refractivity contribution < 1.29 is 8.42 Å². The van der Waals surface area contributed by atoms with Crippen molar-refractivity contribution >= 4 is 38.7 Å². The molecule has 0 saturated carbocycles. The first-order chi connectivity index (χ1) is 18.0. The van der Waals surface area contributed by atoms with Crippen molar-refractivity contribution in [3.05, 3.63) is 101 Å². The number of anilines is 2. The van der Waals surface area contributed by atoms with Crippen LogP contribution in [0.3, 0.4) is 0 Å². The van der Waals surface area contributed by atoms with Gasteiger partial charge in [0.2, 0.25) is 10.0 Å². The lowest BCUT2D eigenvalue weighted by molar-refractivity contribution is 0.565. The summed E-state index contributed by atoms with van der Waals surface area (Å²) in [6, 6.07) is 17.4. The molecule has 196 valence electrons. The van der Waals surface area contributed by atoms with Crippen molar-refractivity contribution in [1.82, 2.24) is 19.9 Å². The smallest absolute Gasteiger partial charge is 0.229 e. The van der Waals surface area contributed by atoms with Gasteiger partial charge in [-0.05, 0) is 105 Å². The molecule has 5 rings (SSSR count). The first-order valence-electron chi connectivity index (χ1n) is 12.2. The minimum atomic E-state index is -3.40. The van der Waals surface area contributed by atoms with Crippen LogP contribution >= 0.6 is 12.2 Å². The minimum absolute atomic E-state index is 0.197. The molecule has 0 bridgehead atoms. The van der Waals surface area contributed by atoms with Gasteiger partial charge in [0.05, 0.1) is 29.7 Å². The number of nitrogens with one attached hydrogen (secondary N) is 2. The highest BCUT2D eigenvalue weighted by molar-refractivity contribution is 7.92. The maximum Gasteiger partial charge on any atom is 0.229 e. The highest BCUT2D eigenvalue weighted by Gasteiger charge is 2.42. The quantitative estimate of drug-likeness (QED) is 0.327. The van der Waals surface area contributed by atoms with E-state index >= 15 is 0 Å². The number of rotatable bonds is 6. The Kier molecular flexibility index (Phi) is 6.70. The molecule has 1 aliphatic rings. The summed E-state index contributed by atoms with van der Waals surface area (Å²) in [7, 11) is -3.40. The second kappa shape index (κ2) is 9.85. The van der Waals surface area contributed by atoms with Gasteiger partial charge in [-0.2, -0.15) is 0 Å². The van der Waals surface area contributed by atoms with E-state index in [0.29, 0.717) is 10.8 Å². The number of nitrogens with zero attached hydrogens (tertiary/aromatic N) is 4. The molecule has 8 nitrogen and oxygen atoms in total. The molecule has 1 saturated heterocycles. The van der Waals surface area contributed by atoms with Crippen LogP contribution in [0.5, 0.6) is 0 Å². The van der Waals surface area contributed by atoms with Crippen LogP contribution in [0.15, 0.2) is 67.0 Å². The van der Waals surface area contributed by atoms with Gasteiger partial charge >= 0.3 is 0 Å². The fraction of sp³-hybridized carbons (Fsp3) is 0.250. The van der Waals surface area contributed by atoms with E-state index in [1.54, 1.807) is 12.3 Å². The van der Waals surface area contributed by atoms with Crippen LogP contribution < -0.4 is 14.9 Å². The topological polar surface area (TPSA) is 92.2 Å². The summed E-state index contributed by atoms with van der Waals surface area (Å²) in [4.78, 5) is 11.4. The SMILES string of the molecule is Cc1ccnc(-n2c(C)cc([C@H]3[C@H](c4ccccn4)NC(=S)N3c3ccc(NS(C)(=O)=O)c(C)c3)c2C)c1. The zero-order valence-electron chi connectivity index (χ0n) is 21.9. The minimum Gasteiger partial charge on any atom is -0.351 e. The third kappa shape index (κ3) is 4.89. The molecule has 1 aromatic carbocycles. The Labute approximate surface area is 228 Å². The third-order valence-electron chi connectivity index (χ3n) is 6.80. The van der Waals surface area contributed by atoms with Gasteiger partial charge in [-0.3, -0.25) is 9.71 Å². The average molecular weight is 547 g/mol. The normalized spacial score (nSPS) is 17.5. The molecular formula is C28H30N6O2S2. The Morgan fingerprint density at radius 3 is 2.42 bits per heavy atom. The molecule has 1 fully saturated rings. The van der Waals surface area contributed by atoms with Gasteiger partial charge < -0.3 is 14.8 Å². The van der Waals surface area contributed by atoms with Crippen LogP contribution in [-0.4, -0.2) is 34.3 Å². The molecule has 1 aliphatic heterocycles. The molecule has 10 heteroatoms. The van der Waals surface area contributed by atoms with Crippen LogP contribution in [0.1, 0.15) is 45.9 Å². The summed E-state index contributed by atoms with van der Waals surface area (Å²) in [5, 5.41) is 4.08. The molecule has 0 radical (unpaired) electrons. The Morgan fingerprint density at radius 1 is 0.974 bits per heavy atom. The van der Waals surface area contributed by atoms with Gasteiger partial charge in [0.15, 0.2) is 5.11 Å². The summed E-state index contributed by atoms with van der Waals surface area (Å²) in [5.41, 5.74) is 7.45. The van der Waals surface area contributed by atoms with Gasteiger partial charge in [-0.25, -0.2) is 13.4 Å². The van der Waals surface area contributed by atoms with Crippen LogP contribution in [0.25, 0.3) is 5.82 Å². The predicted molar refractivity (Wildman–Crippen MR) is 155 cm³/mol. The Bertz CT molecular complexity index is 1630. The number of aromatic nitrogens is 3. The van der Waals surface area contributed by atoms with Gasteiger partial charge in [0.25, 0.3) is 0 Å². The van der Waals surface area contributed by atoms with Crippen LogP contribution in [-0.2, 0) is 10.0 Å². The van der Waals surface area contributed by atoms with Crippen molar-refractivity contribution in [3.8, 4) is 5.82 Å². The number of hydrogen-bond acceptors (Lipinski definition) is 5. The first-order valence-corrected chi connectivity index (χ1v) is 14.5. The number of hydrogen-bond donors (Lipinski definition) is 2. The van der Waals surface area contributed by atoms with Crippen molar-refractivity contribution in [1.29, 1.82) is 0 Å². The monoisotopic (exact) mass is 546 g/mol. The molecule has 38 heavy (non-hydrogen) atoms. The Balaban J connectivity index is 1.65. The maximum absolute atomic E-state index is 11.8. The van der Waals surface area contributed by atoms with Crippen molar-refractivity contribution in [2.24, 2.45) is 0 Å². The lowest BCUT2D eigenvalue weighted by atomic mass is 9.96. The summed E-state index contributed by atoms with van der Waals surface area (Å²) in [6.45, 7) is 8.12. The fourth-order valence-electron chi connectivity index (χ4n) is 5.14. The highest BCUT2D eigenvalue weighted by Crippen LogP contribution is 2.44. The fourth-order valence-corrected chi connectivity index (χ4v) is 6.12. The van der Waals surface area contributed by atoms with Crippen molar-refractivity contribution in [2.75, 3.05) is 15.9 Å². The molecule has 2 atom stereocenters. The summed E-state index contributed by atoms with van der Waals surface area (Å²) in [5.74, 6) is 0.868. The molecule has 0 unspecified atom stereocenters. The molecule has 3 aromatic heterocycles. The second-order valence-electron chi connectivity index (χ2n) is 9.72. The standard InChI is InChI=1S/C28H30N6O2S2/c1-17-11-13-30-25(14-17)33-19(3)16-22(20(33)4)27-26(24-8-6-7-12-29-24)31-28(37)34(27)21-9-10-23(18(2)15-21)32-38(5,35)36/h6-16,26-27,32H,1-5H3,(H,31,37)/t26-,27-/m0/s1. The second-order valence-corrected chi connectivity index (χ2v) is 11.9. The van der Waals surface area contributed by atoms with Gasteiger partial charge in [-0.1, -0.05) is 6.07 Å². The average Bonchev–Trinajstić information content (AvgIpc) is 3.35. The van der Waals surface area contributed by atoms with Crippen LogP contribution in [0.2, 0.25) is 0 Å². The van der Waals surface area contributed by atoms with E-state index in [1.807, 2.05) is 49.5 Å². The van der Waals surface area contributed by atoms with E-state index in [-0.39, 0.29) is 12.1 Å². The number of aryl methyl sites for hydroxylation is 3. The molecule has 0 amide bonds. The first kappa shape index (κ1) is 25.9. The van der Waals surface area contributed by atoms with Crippen molar-refractivity contribution in [3.63, 3.8) is 0 Å². The van der Waals surface area contributed by atoms with Crippen LogP contribution in [0, 0.1) is 27.7 Å². The summed E-state index contributed by atoms with van der Waals surface area (Å²) < 4.78 is 28.4. The number of benzene rings is 1. The third-order valence-corrected chi connectivity index (χ3v) is 7.71. The Morgan fingerprint density at radius 2 is 1.76 bits per heavy atom. The Hall–Kier alpha value is -3.76. The lowest BCUT2D eigenvalue weighted by Gasteiger charge is -2.28. The molecule has 4 heterocycles. The molecule has 0 spiro atoms. The number of thiocarbonyl (C=S) groups is 1. The molecule has 2 N–H and O–H groups in total. The van der Waals surface area contributed by atoms with Crippen molar-refractivity contribution in [2.45, 2.75) is 39.8 Å². The molecule has 0 aliphatic carbocycles. The zero-order valence-corrected chi connectivity index (χ0v) is 23.6. The van der Waals surface area contributed by atoms with Crippen LogP contribution in [0.4, 0.5) is 11.4 Å². The molecular weight excluding hydrogens is 516 g/mol. The van der Waals surface area contributed by atoms with Gasteiger partial charge in [0, 0.05) is 29.5 Å². The lowest BCUT2D eigenvalue weighted by Crippen LogP contribution is -2.29. The summed E-state index contributed by atoms with van der Waals surface area (Å²) in [6.07, 6.45) is 4.76. The number of sulfonamides is 1. The maximum atomic E-state index is 11.8. The van der Waals surface area contributed by atoms with E-state index in [0.717, 1.165) is 51.5 Å². The zero-order chi connectivity index (χ0) is 27.2. The van der Waals surface area contributed by atoms with E-state index in [1.165, 1.54) is 0 Å². The highest BCUT2D eigenvalue weighted by atomic mass is 32.2. The van der Waals surface area contributed by atoms with E-state index in [2.05, 4.69) is 62.4 Å². The van der Waals surface area contributed by atoms with E-state index < -0.39 is 10.0 Å². The largest absolute Gasteiger partial charge is 0.351 e. The molecule has 4 aromatic rings. The van der Waals surface area contributed by atoms with Gasteiger partial charge in [0.1, 0.15) is 5.82 Å².